The van der Waals surface area contributed by atoms with Crippen LogP contribution in [0.3, 0.4) is 0 Å². The zero-order valence-electron chi connectivity index (χ0n) is 28.7. The van der Waals surface area contributed by atoms with E-state index in [0.29, 0.717) is 57.3 Å². The molecule has 2 aliphatic rings. The SMILES string of the molecule is N#Cc1cc(-c2nc(-c3ccccc3)nc(-c3ccccc3)n2)c(N2c3ccccc3Oc3ccccc32)cc1N1c2ccccc2Oc2ccccc21. The van der Waals surface area contributed by atoms with Crippen LogP contribution < -0.4 is 19.3 Å². The molecular weight excluding hydrogens is 669 g/mol. The molecule has 8 heteroatoms. The fourth-order valence-corrected chi connectivity index (χ4v) is 7.07. The second-order valence-electron chi connectivity index (χ2n) is 12.8. The van der Waals surface area contributed by atoms with Crippen molar-refractivity contribution in [2.75, 3.05) is 9.80 Å². The average molecular weight is 697 g/mol. The van der Waals surface area contributed by atoms with Gasteiger partial charge in [-0.25, -0.2) is 15.0 Å². The van der Waals surface area contributed by atoms with E-state index >= 15 is 0 Å². The summed E-state index contributed by atoms with van der Waals surface area (Å²) in [5.41, 5.74) is 7.47. The van der Waals surface area contributed by atoms with Crippen LogP contribution in [-0.4, -0.2) is 15.0 Å². The highest BCUT2D eigenvalue weighted by atomic mass is 16.5. The Morgan fingerprint density at radius 2 is 0.759 bits per heavy atom. The van der Waals surface area contributed by atoms with E-state index < -0.39 is 0 Å². The van der Waals surface area contributed by atoms with Crippen molar-refractivity contribution in [2.24, 2.45) is 0 Å². The third kappa shape index (κ3) is 5.19. The van der Waals surface area contributed by atoms with Gasteiger partial charge in [-0.05, 0) is 60.7 Å². The maximum absolute atomic E-state index is 11.0. The monoisotopic (exact) mass is 696 g/mol. The molecule has 1 aromatic heterocycles. The molecule has 0 amide bonds. The Balaban J connectivity index is 1.30. The normalized spacial score (nSPS) is 12.3. The number of rotatable bonds is 5. The first-order valence-electron chi connectivity index (χ1n) is 17.5. The van der Waals surface area contributed by atoms with Gasteiger partial charge in [-0.15, -0.1) is 0 Å². The predicted octanol–water partition coefficient (Wildman–Crippen LogP) is 11.9. The molecule has 3 heterocycles. The second-order valence-corrected chi connectivity index (χ2v) is 12.8. The van der Waals surface area contributed by atoms with Crippen molar-refractivity contribution in [1.82, 2.24) is 15.0 Å². The maximum atomic E-state index is 11.0. The molecular formula is C46H28N6O2. The van der Waals surface area contributed by atoms with Gasteiger partial charge < -0.3 is 19.3 Å². The van der Waals surface area contributed by atoms with Gasteiger partial charge in [0.15, 0.2) is 40.5 Å². The van der Waals surface area contributed by atoms with Crippen molar-refractivity contribution in [3.63, 3.8) is 0 Å². The van der Waals surface area contributed by atoms with Gasteiger partial charge in [-0.3, -0.25) is 0 Å². The minimum absolute atomic E-state index is 0.421. The summed E-state index contributed by atoms with van der Waals surface area (Å²) in [5.74, 6) is 4.22. The molecule has 0 saturated heterocycles. The van der Waals surface area contributed by atoms with Crippen molar-refractivity contribution < 1.29 is 9.47 Å². The molecule has 8 aromatic rings. The topological polar surface area (TPSA) is 87.4 Å². The lowest BCUT2D eigenvalue weighted by Crippen LogP contribution is -2.20. The first-order chi connectivity index (χ1) is 26.7. The Morgan fingerprint density at radius 3 is 1.19 bits per heavy atom. The van der Waals surface area contributed by atoms with Gasteiger partial charge in [-0.1, -0.05) is 109 Å². The summed E-state index contributed by atoms with van der Waals surface area (Å²) in [6, 6.07) is 57.8. The third-order valence-corrected chi connectivity index (χ3v) is 9.52. The van der Waals surface area contributed by atoms with Crippen LogP contribution in [-0.2, 0) is 0 Å². The highest BCUT2D eigenvalue weighted by molar-refractivity contribution is 5.97. The Morgan fingerprint density at radius 1 is 0.389 bits per heavy atom. The van der Waals surface area contributed by atoms with Gasteiger partial charge in [0.1, 0.15) is 6.07 Å². The number of hydrogen-bond acceptors (Lipinski definition) is 8. The lowest BCUT2D eigenvalue weighted by molar-refractivity contribution is 0.477. The fraction of sp³-hybridized carbons (Fsp3) is 0. The zero-order chi connectivity index (χ0) is 36.0. The first kappa shape index (κ1) is 31.0. The number of anilines is 6. The molecule has 10 rings (SSSR count). The van der Waals surface area contributed by atoms with E-state index in [1.807, 2.05) is 164 Å². The minimum Gasteiger partial charge on any atom is -0.453 e. The number of aromatic nitrogens is 3. The molecule has 2 aliphatic heterocycles. The van der Waals surface area contributed by atoms with Crippen molar-refractivity contribution in [3.8, 4) is 63.2 Å². The summed E-state index contributed by atoms with van der Waals surface area (Å²) in [6.45, 7) is 0. The molecule has 0 saturated carbocycles. The Kier molecular flexibility index (Phi) is 7.34. The number of benzene rings is 7. The number of nitrogens with zero attached hydrogens (tertiary/aromatic N) is 6. The molecule has 8 nitrogen and oxygen atoms in total. The summed E-state index contributed by atoms with van der Waals surface area (Å²) in [4.78, 5) is 19.5. The molecule has 0 atom stereocenters. The van der Waals surface area contributed by atoms with Crippen LogP contribution in [0.15, 0.2) is 170 Å². The second kappa shape index (κ2) is 12.8. The molecule has 0 spiro atoms. The lowest BCUT2D eigenvalue weighted by Gasteiger charge is -2.36. The zero-order valence-corrected chi connectivity index (χ0v) is 28.7. The number of ether oxygens (including phenoxy) is 2. The number of nitriles is 1. The largest absolute Gasteiger partial charge is 0.453 e. The average Bonchev–Trinajstić information content (AvgIpc) is 3.24. The summed E-state index contributed by atoms with van der Waals surface area (Å²) >= 11 is 0. The van der Waals surface area contributed by atoms with E-state index in [1.165, 1.54) is 0 Å². The molecule has 0 radical (unpaired) electrons. The van der Waals surface area contributed by atoms with Crippen LogP contribution in [0.1, 0.15) is 5.56 Å². The van der Waals surface area contributed by atoms with Crippen molar-refractivity contribution in [2.45, 2.75) is 0 Å². The van der Waals surface area contributed by atoms with E-state index in [0.717, 1.165) is 39.6 Å². The Bertz CT molecular complexity index is 2620. The summed E-state index contributed by atoms with van der Waals surface area (Å²) in [5, 5.41) is 11.0. The highest BCUT2D eigenvalue weighted by Crippen LogP contribution is 2.56. The molecule has 0 fully saturated rings. The van der Waals surface area contributed by atoms with Crippen LogP contribution in [0.2, 0.25) is 0 Å². The number of para-hydroxylation sites is 8. The van der Waals surface area contributed by atoms with Gasteiger partial charge in [0.05, 0.1) is 39.7 Å². The predicted molar refractivity (Wildman–Crippen MR) is 210 cm³/mol. The molecule has 0 aliphatic carbocycles. The van der Waals surface area contributed by atoms with E-state index in [-0.39, 0.29) is 0 Å². The van der Waals surface area contributed by atoms with Crippen molar-refractivity contribution >= 4 is 34.1 Å². The van der Waals surface area contributed by atoms with Gasteiger partial charge >= 0.3 is 0 Å². The van der Waals surface area contributed by atoms with Crippen LogP contribution in [0.4, 0.5) is 34.1 Å². The first-order valence-corrected chi connectivity index (χ1v) is 17.5. The standard InChI is InChI=1S/C46H28N6O2/c47-29-32-27-33(46-49-44(30-15-3-1-4-16-30)48-45(50-46)31-17-5-2-6-18-31)39(52-36-21-9-13-25-42(36)54-43-26-14-10-22-37(43)52)28-38(32)51-34-19-7-11-23-40(34)53-41-24-12-8-20-35(41)51/h1-28H. The van der Waals surface area contributed by atoms with Gasteiger partial charge in [0.25, 0.3) is 0 Å². The van der Waals surface area contributed by atoms with Crippen molar-refractivity contribution in [1.29, 1.82) is 5.26 Å². The van der Waals surface area contributed by atoms with E-state index in [4.69, 9.17) is 24.4 Å². The van der Waals surface area contributed by atoms with Gasteiger partial charge in [-0.2, -0.15) is 5.26 Å². The van der Waals surface area contributed by atoms with Crippen LogP contribution >= 0.6 is 0 Å². The molecule has 0 N–H and O–H groups in total. The summed E-state index contributed by atoms with van der Waals surface area (Å²) < 4.78 is 12.8. The van der Waals surface area contributed by atoms with E-state index in [2.05, 4.69) is 21.9 Å². The highest BCUT2D eigenvalue weighted by Gasteiger charge is 2.33. The summed E-state index contributed by atoms with van der Waals surface area (Å²) in [7, 11) is 0. The summed E-state index contributed by atoms with van der Waals surface area (Å²) in [6.07, 6.45) is 0. The smallest absolute Gasteiger partial charge is 0.166 e. The fourth-order valence-electron chi connectivity index (χ4n) is 7.07. The van der Waals surface area contributed by atoms with Crippen LogP contribution in [0.25, 0.3) is 34.2 Å². The van der Waals surface area contributed by atoms with Crippen LogP contribution in [0, 0.1) is 11.3 Å². The van der Waals surface area contributed by atoms with E-state index in [1.54, 1.807) is 0 Å². The molecule has 254 valence electrons. The van der Waals surface area contributed by atoms with Crippen LogP contribution in [0.5, 0.6) is 23.0 Å². The van der Waals surface area contributed by atoms with Gasteiger partial charge in [0.2, 0.25) is 0 Å². The minimum atomic E-state index is 0.421. The Labute approximate surface area is 311 Å². The number of hydrogen-bond donors (Lipinski definition) is 0. The quantitative estimate of drug-likeness (QED) is 0.176. The molecule has 54 heavy (non-hydrogen) atoms. The third-order valence-electron chi connectivity index (χ3n) is 9.52. The van der Waals surface area contributed by atoms with Gasteiger partial charge in [0, 0.05) is 16.7 Å². The molecule has 0 bridgehead atoms. The van der Waals surface area contributed by atoms with Crippen molar-refractivity contribution in [3.05, 3.63) is 175 Å². The molecule has 0 unspecified atom stereocenters. The lowest BCUT2D eigenvalue weighted by atomic mass is 10.00. The maximum Gasteiger partial charge on any atom is 0.166 e. The Hall–Kier alpha value is -7.76. The molecule has 7 aromatic carbocycles. The van der Waals surface area contributed by atoms with E-state index in [9.17, 15) is 5.26 Å². The number of fused-ring (bicyclic) bond motifs is 4.